The van der Waals surface area contributed by atoms with Crippen molar-refractivity contribution in [2.75, 3.05) is 0 Å². The fourth-order valence-corrected chi connectivity index (χ4v) is 1.55. The first-order chi connectivity index (χ1) is 9.71. The van der Waals surface area contributed by atoms with Gasteiger partial charge in [-0.15, -0.1) is 0 Å². The monoisotopic (exact) mass is 276 g/mol. The molecule has 0 bridgehead atoms. The number of carbonyl (C=O) groups is 1. The van der Waals surface area contributed by atoms with Crippen molar-refractivity contribution in [3.63, 3.8) is 0 Å². The zero-order valence-corrected chi connectivity index (χ0v) is 13.0. The largest absolute Gasteiger partial charge is 0.321 e. The second-order valence-corrected chi connectivity index (χ2v) is 4.25. The Hall–Kier alpha value is -1.74. The third-order valence-electron chi connectivity index (χ3n) is 2.29. The number of nitrogens with two attached hydrogens (primary N) is 1. The van der Waals surface area contributed by atoms with Crippen molar-refractivity contribution in [3.05, 3.63) is 42.1 Å². The molecule has 20 heavy (non-hydrogen) atoms. The van der Waals surface area contributed by atoms with Gasteiger partial charge in [-0.2, -0.15) is 0 Å². The molecule has 1 aromatic heterocycles. The third-order valence-corrected chi connectivity index (χ3v) is 2.29. The van der Waals surface area contributed by atoms with Gasteiger partial charge in [0, 0.05) is 13.0 Å². The van der Waals surface area contributed by atoms with E-state index in [2.05, 4.69) is 18.8 Å². The van der Waals surface area contributed by atoms with E-state index in [0.717, 1.165) is 22.8 Å². The van der Waals surface area contributed by atoms with Crippen LogP contribution in [-0.4, -0.2) is 17.3 Å². The molecule has 0 unspecified atom stereocenters. The van der Waals surface area contributed by atoms with E-state index in [1.165, 1.54) is 6.42 Å². The molecule has 2 N–H and O–H groups in total. The normalized spacial score (nSPS) is 10.7. The predicted molar refractivity (Wildman–Crippen MR) is 88.9 cm³/mol. The van der Waals surface area contributed by atoms with Crippen molar-refractivity contribution in [3.8, 4) is 0 Å². The van der Waals surface area contributed by atoms with Crippen LogP contribution >= 0.6 is 0 Å². The van der Waals surface area contributed by atoms with E-state index in [9.17, 15) is 4.79 Å². The summed E-state index contributed by atoms with van der Waals surface area (Å²) in [6.45, 7) is 8.25. The molecule has 112 valence electrons. The van der Waals surface area contributed by atoms with E-state index < -0.39 is 6.04 Å². The Labute approximate surface area is 123 Å². The molecule has 0 aliphatic heterocycles. The number of aldehydes is 1. The Balaban J connectivity index is 0. The van der Waals surface area contributed by atoms with Gasteiger partial charge < -0.3 is 10.5 Å². The Morgan fingerprint density at radius 1 is 1.30 bits per heavy atom. The number of para-hydroxylation sites is 1. The molecule has 1 heterocycles. The maximum absolute atomic E-state index is 10.4. The summed E-state index contributed by atoms with van der Waals surface area (Å²) in [5.74, 6) is 0. The van der Waals surface area contributed by atoms with Crippen LogP contribution in [0.3, 0.4) is 0 Å². The van der Waals surface area contributed by atoms with Crippen LogP contribution < -0.4 is 5.73 Å². The summed E-state index contributed by atoms with van der Waals surface area (Å²) in [5, 5.41) is 1.08. The van der Waals surface area contributed by atoms with Gasteiger partial charge in [0.1, 0.15) is 6.29 Å². The maximum Gasteiger partial charge on any atom is 0.137 e. The van der Waals surface area contributed by atoms with E-state index in [1.807, 2.05) is 44.2 Å². The number of hydrogen-bond donors (Lipinski definition) is 1. The van der Waals surface area contributed by atoms with Gasteiger partial charge >= 0.3 is 0 Å². The van der Waals surface area contributed by atoms with E-state index >= 15 is 0 Å². The molecule has 0 spiro atoms. The molecule has 0 fully saturated rings. The minimum absolute atomic E-state index is 0. The quantitative estimate of drug-likeness (QED) is 0.862. The standard InChI is InChI=1S/C12H12N2O.C3H8.C2H6.H2/c13-11(8-15)6-9-5-10-3-1-2-4-12(10)14-7-9;1-3-2;1-2;/h1-5,7-8,11H,6,13H2;3H2,1-2H3;1-2H3;1H/t11-;;;/m0.../s1. The number of pyridine rings is 1. The van der Waals surface area contributed by atoms with Crippen molar-refractivity contribution < 1.29 is 6.22 Å². The van der Waals surface area contributed by atoms with Crippen molar-refractivity contribution in [1.82, 2.24) is 4.98 Å². The Morgan fingerprint density at radius 2 is 1.90 bits per heavy atom. The molecule has 0 radical (unpaired) electrons. The lowest BCUT2D eigenvalue weighted by atomic mass is 10.1. The number of rotatable bonds is 3. The molecule has 2 rings (SSSR count). The second-order valence-electron chi connectivity index (χ2n) is 4.25. The SMILES string of the molecule is CC.CCC.N[C@H](C=O)Cc1cnc2ccccc2c1.[HH]. The molecule has 0 saturated carbocycles. The Bertz CT molecular complexity index is 503. The first-order valence-corrected chi connectivity index (χ1v) is 7.25. The minimum Gasteiger partial charge on any atom is -0.321 e. The van der Waals surface area contributed by atoms with Gasteiger partial charge in [0.25, 0.3) is 0 Å². The van der Waals surface area contributed by atoms with Crippen molar-refractivity contribution in [2.24, 2.45) is 5.73 Å². The van der Waals surface area contributed by atoms with Gasteiger partial charge in [-0.05, 0) is 24.1 Å². The van der Waals surface area contributed by atoms with Crippen molar-refractivity contribution in [2.45, 2.75) is 46.6 Å². The van der Waals surface area contributed by atoms with E-state index in [0.29, 0.717) is 6.42 Å². The van der Waals surface area contributed by atoms with Crippen LogP contribution in [0.15, 0.2) is 36.5 Å². The van der Waals surface area contributed by atoms with Crippen LogP contribution in [0.5, 0.6) is 0 Å². The predicted octanol–water partition coefficient (Wildman–Crippen LogP) is 3.99. The highest BCUT2D eigenvalue weighted by Gasteiger charge is 2.03. The summed E-state index contributed by atoms with van der Waals surface area (Å²) in [7, 11) is 0. The molecule has 3 nitrogen and oxygen atoms in total. The third kappa shape index (κ3) is 6.43. The highest BCUT2D eigenvalue weighted by molar-refractivity contribution is 5.78. The topological polar surface area (TPSA) is 56.0 Å². The molecule has 0 saturated heterocycles. The number of carbonyl (C=O) groups excluding carboxylic acids is 1. The van der Waals surface area contributed by atoms with E-state index in [4.69, 9.17) is 5.73 Å². The molecule has 0 amide bonds. The molecule has 2 aromatic rings. The molecular weight excluding hydrogens is 248 g/mol. The number of benzene rings is 1. The smallest absolute Gasteiger partial charge is 0.137 e. The first-order valence-electron chi connectivity index (χ1n) is 7.25. The number of aromatic nitrogens is 1. The van der Waals surface area contributed by atoms with Crippen LogP contribution in [0, 0.1) is 0 Å². The van der Waals surface area contributed by atoms with Gasteiger partial charge in [0.15, 0.2) is 0 Å². The van der Waals surface area contributed by atoms with Crippen LogP contribution in [0.1, 0.15) is 41.1 Å². The number of nitrogens with zero attached hydrogens (tertiary/aromatic N) is 1. The lowest BCUT2D eigenvalue weighted by Gasteiger charge is -2.04. The van der Waals surface area contributed by atoms with E-state index in [1.54, 1.807) is 6.20 Å². The van der Waals surface area contributed by atoms with Crippen molar-refractivity contribution >= 4 is 17.2 Å². The summed E-state index contributed by atoms with van der Waals surface area (Å²) < 4.78 is 0. The lowest BCUT2D eigenvalue weighted by Crippen LogP contribution is -2.24. The fourth-order valence-electron chi connectivity index (χ4n) is 1.55. The van der Waals surface area contributed by atoms with Crippen LogP contribution in [0.4, 0.5) is 0 Å². The maximum atomic E-state index is 10.4. The summed E-state index contributed by atoms with van der Waals surface area (Å²) in [4.78, 5) is 14.7. The molecular formula is C17H28N2O. The minimum atomic E-state index is -0.437. The number of hydrogen-bond acceptors (Lipinski definition) is 3. The van der Waals surface area contributed by atoms with Gasteiger partial charge in [-0.25, -0.2) is 0 Å². The summed E-state index contributed by atoms with van der Waals surface area (Å²) >= 11 is 0. The molecule has 0 aliphatic carbocycles. The summed E-state index contributed by atoms with van der Waals surface area (Å²) in [6.07, 6.45) is 4.32. The molecule has 1 aromatic carbocycles. The highest BCUT2D eigenvalue weighted by atomic mass is 16.1. The Kier molecular flexibility index (Phi) is 10.2. The molecule has 0 aliphatic rings. The lowest BCUT2D eigenvalue weighted by molar-refractivity contribution is -0.108. The molecule has 3 heteroatoms. The number of fused-ring (bicyclic) bond motifs is 1. The van der Waals surface area contributed by atoms with Crippen LogP contribution in [-0.2, 0) is 11.2 Å². The zero-order chi connectivity index (χ0) is 15.4. The molecule has 1 atom stereocenters. The van der Waals surface area contributed by atoms with Gasteiger partial charge in [-0.1, -0.05) is 52.3 Å². The van der Waals surface area contributed by atoms with Crippen LogP contribution in [0.25, 0.3) is 10.9 Å². The van der Waals surface area contributed by atoms with Gasteiger partial charge in [0.2, 0.25) is 0 Å². The first kappa shape index (κ1) is 18.3. The average Bonchev–Trinajstić information content (AvgIpc) is 2.50. The van der Waals surface area contributed by atoms with Gasteiger partial charge in [-0.3, -0.25) is 4.98 Å². The summed E-state index contributed by atoms with van der Waals surface area (Å²) in [5.41, 5.74) is 7.51. The zero-order valence-electron chi connectivity index (χ0n) is 13.0. The van der Waals surface area contributed by atoms with Crippen LogP contribution in [0.2, 0.25) is 0 Å². The van der Waals surface area contributed by atoms with Gasteiger partial charge in [0.05, 0.1) is 11.6 Å². The Morgan fingerprint density at radius 3 is 2.50 bits per heavy atom. The summed E-state index contributed by atoms with van der Waals surface area (Å²) in [6, 6.07) is 9.45. The average molecular weight is 276 g/mol. The van der Waals surface area contributed by atoms with E-state index in [-0.39, 0.29) is 1.43 Å². The second kappa shape index (κ2) is 11.1. The fraction of sp³-hybridized carbons (Fsp3) is 0.412. The van der Waals surface area contributed by atoms with Crippen molar-refractivity contribution in [1.29, 1.82) is 0 Å². The highest BCUT2D eigenvalue weighted by Crippen LogP contribution is 2.13.